The Bertz CT molecular complexity index is 904. The number of nitrogens with zero attached hydrogens (tertiary/aromatic N) is 3. The molecule has 0 N–H and O–H groups in total. The van der Waals surface area contributed by atoms with E-state index in [4.69, 9.17) is 16.3 Å². The summed E-state index contributed by atoms with van der Waals surface area (Å²) < 4.78 is 21.8. The Balaban J connectivity index is 1.71. The first-order valence-electron chi connectivity index (χ1n) is 8.66. The number of benzene rings is 2. The summed E-state index contributed by atoms with van der Waals surface area (Å²) >= 11 is 7.51. The van der Waals surface area contributed by atoms with Gasteiger partial charge in [0.05, 0.1) is 0 Å². The summed E-state index contributed by atoms with van der Waals surface area (Å²) in [6, 6.07) is 10.8. The van der Waals surface area contributed by atoms with E-state index in [1.165, 1.54) is 17.8 Å². The maximum Gasteiger partial charge on any atom is 0.191 e. The fourth-order valence-electron chi connectivity index (χ4n) is 2.82. The Morgan fingerprint density at radius 2 is 1.89 bits per heavy atom. The van der Waals surface area contributed by atoms with E-state index >= 15 is 0 Å². The van der Waals surface area contributed by atoms with Crippen molar-refractivity contribution in [3.8, 4) is 5.75 Å². The minimum atomic E-state index is -0.309. The van der Waals surface area contributed by atoms with E-state index in [-0.39, 0.29) is 5.82 Å². The van der Waals surface area contributed by atoms with Gasteiger partial charge in [0, 0.05) is 22.9 Å². The minimum Gasteiger partial charge on any atom is -0.486 e. The number of aromatic nitrogens is 3. The maximum absolute atomic E-state index is 14.0. The highest BCUT2D eigenvalue weighted by atomic mass is 35.5. The van der Waals surface area contributed by atoms with Gasteiger partial charge in [-0.05, 0) is 56.2 Å². The third kappa shape index (κ3) is 4.82. The number of hydrogen-bond donors (Lipinski definition) is 0. The molecule has 0 saturated carbocycles. The Kier molecular flexibility index (Phi) is 6.39. The average Bonchev–Trinajstić information content (AvgIpc) is 3.00. The second kappa shape index (κ2) is 8.76. The zero-order valence-corrected chi connectivity index (χ0v) is 17.1. The first kappa shape index (κ1) is 19.7. The number of hydrogen-bond acceptors (Lipinski definition) is 4. The topological polar surface area (TPSA) is 39.9 Å². The van der Waals surface area contributed by atoms with E-state index in [2.05, 4.69) is 16.3 Å². The molecule has 0 spiro atoms. The lowest BCUT2D eigenvalue weighted by molar-refractivity contribution is 0.288. The molecule has 0 saturated heterocycles. The van der Waals surface area contributed by atoms with Crippen LogP contribution in [0.4, 0.5) is 4.39 Å². The molecule has 142 valence electrons. The molecule has 0 bridgehead atoms. The fourth-order valence-corrected chi connectivity index (χ4v) is 4.19. The molecule has 0 radical (unpaired) electrons. The first-order valence-corrected chi connectivity index (χ1v) is 10.0. The molecule has 0 aliphatic heterocycles. The van der Waals surface area contributed by atoms with E-state index in [1.54, 1.807) is 12.1 Å². The standard InChI is InChI=1S/C20H21ClFN3OS/c1-4-25-19(11-26-15-9-13(2)8-14(3)10-15)23-24-20(25)27-12-16-17(21)6-5-7-18(16)22/h5-10H,4,11-12H2,1-3H3. The lowest BCUT2D eigenvalue weighted by Crippen LogP contribution is -2.07. The molecule has 7 heteroatoms. The summed E-state index contributed by atoms with van der Waals surface area (Å²) in [7, 11) is 0. The third-order valence-electron chi connectivity index (χ3n) is 4.08. The summed E-state index contributed by atoms with van der Waals surface area (Å²) in [4.78, 5) is 0. The molecule has 1 heterocycles. The third-order valence-corrected chi connectivity index (χ3v) is 5.43. The fraction of sp³-hybridized carbons (Fsp3) is 0.300. The molecule has 2 aromatic carbocycles. The molecule has 1 aromatic heterocycles. The second-order valence-corrected chi connectivity index (χ2v) is 7.59. The van der Waals surface area contributed by atoms with E-state index < -0.39 is 0 Å². The van der Waals surface area contributed by atoms with Gasteiger partial charge in [0.15, 0.2) is 11.0 Å². The number of rotatable bonds is 7. The molecule has 3 rings (SSSR count). The number of halogens is 2. The highest BCUT2D eigenvalue weighted by Gasteiger charge is 2.14. The SMILES string of the molecule is CCn1c(COc2cc(C)cc(C)c2)nnc1SCc1c(F)cccc1Cl. The van der Waals surface area contributed by atoms with Crippen LogP contribution < -0.4 is 4.74 Å². The monoisotopic (exact) mass is 405 g/mol. The summed E-state index contributed by atoms with van der Waals surface area (Å²) in [6.07, 6.45) is 0. The summed E-state index contributed by atoms with van der Waals surface area (Å²) in [5.74, 6) is 1.63. The largest absolute Gasteiger partial charge is 0.486 e. The van der Waals surface area contributed by atoms with Crippen LogP contribution in [0.25, 0.3) is 0 Å². The molecule has 0 aliphatic carbocycles. The maximum atomic E-state index is 14.0. The van der Waals surface area contributed by atoms with Crippen LogP contribution in [0.3, 0.4) is 0 Å². The lowest BCUT2D eigenvalue weighted by Gasteiger charge is -2.10. The highest BCUT2D eigenvalue weighted by molar-refractivity contribution is 7.98. The van der Waals surface area contributed by atoms with Gasteiger partial charge in [0.1, 0.15) is 18.2 Å². The average molecular weight is 406 g/mol. The molecular weight excluding hydrogens is 385 g/mol. The molecule has 3 aromatic rings. The zero-order chi connectivity index (χ0) is 19.4. The van der Waals surface area contributed by atoms with Gasteiger partial charge < -0.3 is 9.30 Å². The van der Waals surface area contributed by atoms with Crippen LogP contribution in [0.1, 0.15) is 29.4 Å². The van der Waals surface area contributed by atoms with Crippen LogP contribution >= 0.6 is 23.4 Å². The molecule has 0 aliphatic rings. The van der Waals surface area contributed by atoms with Crippen molar-refractivity contribution in [2.24, 2.45) is 0 Å². The van der Waals surface area contributed by atoms with Crippen molar-refractivity contribution < 1.29 is 9.13 Å². The quantitative estimate of drug-likeness (QED) is 0.481. The Morgan fingerprint density at radius 3 is 2.56 bits per heavy atom. The molecule has 0 amide bonds. The molecule has 27 heavy (non-hydrogen) atoms. The number of aryl methyl sites for hydroxylation is 2. The van der Waals surface area contributed by atoms with Crippen LogP contribution in [-0.2, 0) is 18.9 Å². The van der Waals surface area contributed by atoms with Gasteiger partial charge in [-0.2, -0.15) is 0 Å². The predicted octanol–water partition coefficient (Wildman–Crippen LogP) is 5.58. The van der Waals surface area contributed by atoms with Gasteiger partial charge in [-0.3, -0.25) is 0 Å². The summed E-state index contributed by atoms with van der Waals surface area (Å²) in [5.41, 5.74) is 2.78. The van der Waals surface area contributed by atoms with E-state index in [0.29, 0.717) is 29.5 Å². The van der Waals surface area contributed by atoms with Crippen LogP contribution in [0.5, 0.6) is 5.75 Å². The van der Waals surface area contributed by atoms with Gasteiger partial charge in [0.2, 0.25) is 0 Å². The second-order valence-electron chi connectivity index (χ2n) is 6.24. The van der Waals surface area contributed by atoms with Gasteiger partial charge >= 0.3 is 0 Å². The van der Waals surface area contributed by atoms with Crippen LogP contribution in [0, 0.1) is 19.7 Å². The van der Waals surface area contributed by atoms with E-state index in [9.17, 15) is 4.39 Å². The van der Waals surface area contributed by atoms with Gasteiger partial charge in [-0.1, -0.05) is 35.5 Å². The van der Waals surface area contributed by atoms with Crippen molar-refractivity contribution in [3.05, 3.63) is 69.8 Å². The Labute approximate surface area is 167 Å². The van der Waals surface area contributed by atoms with Crippen molar-refractivity contribution in [3.63, 3.8) is 0 Å². The molecule has 4 nitrogen and oxygen atoms in total. The smallest absolute Gasteiger partial charge is 0.191 e. The minimum absolute atomic E-state index is 0.309. The van der Waals surface area contributed by atoms with Crippen molar-refractivity contribution >= 4 is 23.4 Å². The van der Waals surface area contributed by atoms with Crippen molar-refractivity contribution in [1.29, 1.82) is 0 Å². The van der Waals surface area contributed by atoms with Crippen LogP contribution in [-0.4, -0.2) is 14.8 Å². The number of thioether (sulfide) groups is 1. The van der Waals surface area contributed by atoms with Gasteiger partial charge in [-0.15, -0.1) is 10.2 Å². The Hall–Kier alpha value is -2.05. The normalized spacial score (nSPS) is 11.0. The molecule has 0 unspecified atom stereocenters. The van der Waals surface area contributed by atoms with Crippen molar-refractivity contribution in [1.82, 2.24) is 14.8 Å². The molecular formula is C20H21ClFN3OS. The highest BCUT2D eigenvalue weighted by Crippen LogP contribution is 2.28. The lowest BCUT2D eigenvalue weighted by atomic mass is 10.1. The predicted molar refractivity (Wildman–Crippen MR) is 107 cm³/mol. The molecule has 0 atom stereocenters. The zero-order valence-electron chi connectivity index (χ0n) is 15.5. The summed E-state index contributed by atoms with van der Waals surface area (Å²) in [6.45, 7) is 7.12. The first-order chi connectivity index (χ1) is 13.0. The number of ether oxygens (including phenoxy) is 1. The van der Waals surface area contributed by atoms with Crippen LogP contribution in [0.15, 0.2) is 41.6 Å². The Morgan fingerprint density at radius 1 is 1.15 bits per heavy atom. The van der Waals surface area contributed by atoms with E-state index in [0.717, 1.165) is 27.9 Å². The van der Waals surface area contributed by atoms with Crippen LogP contribution in [0.2, 0.25) is 5.02 Å². The van der Waals surface area contributed by atoms with Gasteiger partial charge in [-0.25, -0.2) is 4.39 Å². The van der Waals surface area contributed by atoms with Crippen molar-refractivity contribution in [2.75, 3.05) is 0 Å². The van der Waals surface area contributed by atoms with Gasteiger partial charge in [0.25, 0.3) is 0 Å². The molecule has 0 fully saturated rings. The van der Waals surface area contributed by atoms with E-state index in [1.807, 2.05) is 37.5 Å². The van der Waals surface area contributed by atoms with Crippen molar-refractivity contribution in [2.45, 2.75) is 44.8 Å². The summed E-state index contributed by atoms with van der Waals surface area (Å²) in [5, 5.41) is 9.62.